The van der Waals surface area contributed by atoms with E-state index in [2.05, 4.69) is 15.6 Å². The van der Waals surface area contributed by atoms with Crippen LogP contribution in [0.1, 0.15) is 5.56 Å². The lowest BCUT2D eigenvalue weighted by Crippen LogP contribution is -2.67. The molecule has 1 aliphatic rings. The van der Waals surface area contributed by atoms with E-state index in [1.807, 2.05) is 54.6 Å². The van der Waals surface area contributed by atoms with Gasteiger partial charge in [0.2, 0.25) is 11.8 Å². The number of rotatable bonds is 6. The fraction of sp³-hybridized carbons (Fsp3) is 0.167. The van der Waals surface area contributed by atoms with Crippen molar-refractivity contribution in [1.29, 1.82) is 0 Å². The average molecular weight is 402 g/mol. The SMILES string of the molecule is O=C(Cc1ccccc1)NC1C(=O)NC1SSc1nc2ccccc2s1. The zero-order chi connectivity index (χ0) is 17.9. The van der Waals surface area contributed by atoms with E-state index in [0.717, 1.165) is 20.1 Å². The van der Waals surface area contributed by atoms with Crippen molar-refractivity contribution in [3.05, 3.63) is 60.2 Å². The minimum absolute atomic E-state index is 0.145. The molecule has 2 unspecified atom stereocenters. The number of amides is 2. The largest absolute Gasteiger partial charge is 0.341 e. The molecule has 1 aliphatic heterocycles. The molecule has 132 valence electrons. The van der Waals surface area contributed by atoms with Crippen LogP contribution in [-0.2, 0) is 16.0 Å². The Morgan fingerprint density at radius 1 is 1.15 bits per heavy atom. The number of nitrogens with zero attached hydrogens (tertiary/aromatic N) is 1. The molecule has 2 aromatic carbocycles. The fourth-order valence-corrected chi connectivity index (χ4v) is 6.26. The van der Waals surface area contributed by atoms with E-state index < -0.39 is 6.04 Å². The van der Waals surface area contributed by atoms with Crippen LogP contribution in [0.25, 0.3) is 10.2 Å². The van der Waals surface area contributed by atoms with Crippen LogP contribution in [0.4, 0.5) is 0 Å². The van der Waals surface area contributed by atoms with Crippen LogP contribution < -0.4 is 10.6 Å². The van der Waals surface area contributed by atoms with Crippen molar-refractivity contribution in [2.24, 2.45) is 0 Å². The van der Waals surface area contributed by atoms with Gasteiger partial charge in [-0.25, -0.2) is 4.98 Å². The number of benzene rings is 2. The number of carbonyl (C=O) groups excluding carboxylic acids is 2. The lowest BCUT2D eigenvalue weighted by Gasteiger charge is -2.35. The molecule has 2 atom stereocenters. The molecule has 2 heterocycles. The summed E-state index contributed by atoms with van der Waals surface area (Å²) in [4.78, 5) is 28.6. The van der Waals surface area contributed by atoms with Crippen molar-refractivity contribution in [3.8, 4) is 0 Å². The Balaban J connectivity index is 1.32. The molecule has 2 amide bonds. The van der Waals surface area contributed by atoms with Crippen LogP contribution in [-0.4, -0.2) is 28.2 Å². The highest BCUT2D eigenvalue weighted by molar-refractivity contribution is 8.77. The number of β-lactam (4-membered cyclic amide) rings is 1. The van der Waals surface area contributed by atoms with E-state index in [-0.39, 0.29) is 23.6 Å². The number of aromatic nitrogens is 1. The summed E-state index contributed by atoms with van der Waals surface area (Å²) in [6, 6.07) is 17.0. The predicted molar refractivity (Wildman–Crippen MR) is 107 cm³/mol. The molecule has 0 bridgehead atoms. The maximum absolute atomic E-state index is 12.2. The molecule has 3 aromatic rings. The van der Waals surface area contributed by atoms with Crippen LogP contribution in [0.15, 0.2) is 58.9 Å². The Kier molecular flexibility index (Phi) is 5.14. The number of hydrogen-bond acceptors (Lipinski definition) is 6. The lowest BCUT2D eigenvalue weighted by molar-refractivity contribution is -0.133. The second-order valence-corrected chi connectivity index (χ2v) is 9.38. The maximum Gasteiger partial charge on any atom is 0.246 e. The first-order valence-electron chi connectivity index (χ1n) is 8.01. The van der Waals surface area contributed by atoms with Crippen LogP contribution >= 0.6 is 32.9 Å². The topological polar surface area (TPSA) is 71.1 Å². The zero-order valence-electron chi connectivity index (χ0n) is 13.5. The Morgan fingerprint density at radius 2 is 1.92 bits per heavy atom. The van der Waals surface area contributed by atoms with Gasteiger partial charge in [0, 0.05) is 0 Å². The quantitative estimate of drug-likeness (QED) is 0.490. The van der Waals surface area contributed by atoms with Gasteiger partial charge >= 0.3 is 0 Å². The number of hydrogen-bond donors (Lipinski definition) is 2. The number of para-hydroxylation sites is 1. The summed E-state index contributed by atoms with van der Waals surface area (Å²) >= 11 is 1.62. The third-order valence-corrected chi connectivity index (χ3v) is 7.85. The van der Waals surface area contributed by atoms with Gasteiger partial charge in [-0.3, -0.25) is 9.59 Å². The van der Waals surface area contributed by atoms with Crippen molar-refractivity contribution < 1.29 is 9.59 Å². The standard InChI is InChI=1S/C18H15N3O2S3/c22-14(10-11-6-2-1-3-7-11)20-15-16(23)21-17(15)25-26-18-19-12-8-4-5-9-13(12)24-18/h1-9,15,17H,10H2,(H,20,22)(H,21,23). The van der Waals surface area contributed by atoms with Gasteiger partial charge in [-0.2, -0.15) is 0 Å². The summed E-state index contributed by atoms with van der Waals surface area (Å²) in [6.45, 7) is 0. The van der Waals surface area contributed by atoms with Crippen molar-refractivity contribution in [3.63, 3.8) is 0 Å². The Morgan fingerprint density at radius 3 is 2.69 bits per heavy atom. The highest BCUT2D eigenvalue weighted by Crippen LogP contribution is 2.40. The third-order valence-electron chi connectivity index (χ3n) is 3.89. The molecule has 5 nitrogen and oxygen atoms in total. The monoisotopic (exact) mass is 401 g/mol. The minimum atomic E-state index is -0.502. The van der Waals surface area contributed by atoms with Crippen molar-refractivity contribution in [1.82, 2.24) is 15.6 Å². The summed E-state index contributed by atoms with van der Waals surface area (Å²) in [5.41, 5.74) is 1.91. The summed E-state index contributed by atoms with van der Waals surface area (Å²) in [5.74, 6) is -0.291. The molecule has 26 heavy (non-hydrogen) atoms. The van der Waals surface area contributed by atoms with Gasteiger partial charge in [0.05, 0.1) is 16.6 Å². The van der Waals surface area contributed by atoms with Crippen molar-refractivity contribution in [2.45, 2.75) is 22.2 Å². The van der Waals surface area contributed by atoms with E-state index in [1.165, 1.54) is 21.6 Å². The van der Waals surface area contributed by atoms with Crippen molar-refractivity contribution >= 4 is 55.0 Å². The van der Waals surface area contributed by atoms with Gasteiger partial charge in [0.15, 0.2) is 4.34 Å². The zero-order valence-corrected chi connectivity index (χ0v) is 16.0. The van der Waals surface area contributed by atoms with E-state index >= 15 is 0 Å². The first-order valence-corrected chi connectivity index (χ1v) is 11.0. The minimum Gasteiger partial charge on any atom is -0.341 e. The molecule has 2 N–H and O–H groups in total. The molecule has 0 spiro atoms. The van der Waals surface area contributed by atoms with Gasteiger partial charge in [-0.15, -0.1) is 11.3 Å². The number of thiazole rings is 1. The van der Waals surface area contributed by atoms with E-state index in [4.69, 9.17) is 0 Å². The fourth-order valence-electron chi connectivity index (χ4n) is 2.56. The van der Waals surface area contributed by atoms with Gasteiger partial charge in [-0.05, 0) is 28.5 Å². The van der Waals surface area contributed by atoms with E-state index in [0.29, 0.717) is 0 Å². The van der Waals surface area contributed by atoms with Crippen LogP contribution in [0.3, 0.4) is 0 Å². The Labute approximate surface area is 162 Å². The molecule has 4 rings (SSSR count). The molecule has 8 heteroatoms. The summed E-state index contributed by atoms with van der Waals surface area (Å²) in [7, 11) is 3.03. The predicted octanol–water partition coefficient (Wildman–Crippen LogP) is 3.22. The molecule has 0 aliphatic carbocycles. The Hall–Kier alpha value is -2.03. The molecule has 0 saturated carbocycles. The van der Waals surface area contributed by atoms with Crippen molar-refractivity contribution in [2.75, 3.05) is 0 Å². The van der Waals surface area contributed by atoms with Crippen LogP contribution in [0.2, 0.25) is 0 Å². The van der Waals surface area contributed by atoms with E-state index in [1.54, 1.807) is 11.3 Å². The van der Waals surface area contributed by atoms with Gasteiger partial charge < -0.3 is 10.6 Å². The highest BCUT2D eigenvalue weighted by atomic mass is 33.1. The molecular formula is C18H15N3O2S3. The highest BCUT2D eigenvalue weighted by Gasteiger charge is 2.41. The van der Waals surface area contributed by atoms with E-state index in [9.17, 15) is 9.59 Å². The molecule has 1 fully saturated rings. The Bertz CT molecular complexity index is 912. The summed E-state index contributed by atoms with van der Waals surface area (Å²) < 4.78 is 2.08. The molecular weight excluding hydrogens is 386 g/mol. The average Bonchev–Trinajstić information content (AvgIpc) is 3.07. The summed E-state index contributed by atoms with van der Waals surface area (Å²) in [6.07, 6.45) is 0.271. The van der Waals surface area contributed by atoms with Gasteiger partial charge in [0.1, 0.15) is 11.4 Å². The lowest BCUT2D eigenvalue weighted by atomic mass is 10.1. The smallest absolute Gasteiger partial charge is 0.246 e. The third kappa shape index (κ3) is 3.87. The van der Waals surface area contributed by atoms with Crippen LogP contribution in [0, 0.1) is 0 Å². The number of fused-ring (bicyclic) bond motifs is 1. The molecule has 1 aromatic heterocycles. The summed E-state index contributed by atoms with van der Waals surface area (Å²) in [5, 5.41) is 5.50. The normalized spacial score (nSPS) is 19.0. The second kappa shape index (κ2) is 7.69. The molecule has 1 saturated heterocycles. The second-order valence-electron chi connectivity index (χ2n) is 5.76. The molecule has 0 radical (unpaired) electrons. The van der Waals surface area contributed by atoms with Crippen LogP contribution in [0.5, 0.6) is 0 Å². The van der Waals surface area contributed by atoms with Gasteiger partial charge in [0.25, 0.3) is 0 Å². The van der Waals surface area contributed by atoms with Gasteiger partial charge in [-0.1, -0.05) is 53.3 Å². The number of carbonyl (C=O) groups is 2. The first kappa shape index (κ1) is 17.4. The number of nitrogens with one attached hydrogen (secondary N) is 2. The maximum atomic E-state index is 12.2. The first-order chi connectivity index (χ1) is 12.7.